The Kier molecular flexibility index (Phi) is 4.06. The molecule has 2 aromatic carbocycles. The van der Waals surface area contributed by atoms with Crippen LogP contribution >= 0.6 is 24.0 Å². The number of carbonyl (C=O) groups excluding carboxylic acids is 1. The molecule has 0 aliphatic carbocycles. The Morgan fingerprint density at radius 1 is 1.19 bits per heavy atom. The van der Waals surface area contributed by atoms with Crippen LogP contribution in [-0.4, -0.2) is 31.3 Å². The number of amides is 1. The first-order valence-corrected chi connectivity index (χ1v) is 8.81. The number of anilines is 1. The lowest BCUT2D eigenvalue weighted by molar-refractivity contribution is -0.113. The summed E-state index contributed by atoms with van der Waals surface area (Å²) in [7, 11) is 0. The average Bonchev–Trinajstić information content (AvgIpc) is 3.16. The summed E-state index contributed by atoms with van der Waals surface area (Å²) in [6, 6.07) is 13.8. The van der Waals surface area contributed by atoms with Crippen LogP contribution in [0, 0.1) is 0 Å². The highest BCUT2D eigenvalue weighted by Crippen LogP contribution is 2.35. The highest BCUT2D eigenvalue weighted by atomic mass is 32.2. The van der Waals surface area contributed by atoms with Gasteiger partial charge in [-0.05, 0) is 35.9 Å². The molecule has 1 aliphatic heterocycles. The summed E-state index contributed by atoms with van der Waals surface area (Å²) in [4.78, 5) is 33.0. The van der Waals surface area contributed by atoms with Gasteiger partial charge in [0.25, 0.3) is 5.91 Å². The van der Waals surface area contributed by atoms with Gasteiger partial charge in [-0.25, -0.2) is 14.7 Å². The molecule has 1 amide bonds. The molecule has 26 heavy (non-hydrogen) atoms. The third-order valence-corrected chi connectivity index (χ3v) is 5.14. The Morgan fingerprint density at radius 2 is 1.92 bits per heavy atom. The lowest BCUT2D eigenvalue weighted by atomic mass is 10.1. The first-order valence-electron chi connectivity index (χ1n) is 7.59. The number of nitrogens with zero attached hydrogens (tertiary/aromatic N) is 2. The minimum Gasteiger partial charge on any atom is -0.478 e. The highest BCUT2D eigenvalue weighted by Gasteiger charge is 2.35. The van der Waals surface area contributed by atoms with Crippen molar-refractivity contribution in [2.45, 2.75) is 0 Å². The van der Waals surface area contributed by atoms with Gasteiger partial charge < -0.3 is 10.1 Å². The number of H-pyrrole nitrogens is 1. The van der Waals surface area contributed by atoms with Crippen molar-refractivity contribution in [2.75, 3.05) is 4.90 Å². The van der Waals surface area contributed by atoms with Crippen molar-refractivity contribution in [3.63, 3.8) is 0 Å². The minimum atomic E-state index is -0.993. The van der Waals surface area contributed by atoms with Gasteiger partial charge in [0, 0.05) is 0 Å². The summed E-state index contributed by atoms with van der Waals surface area (Å²) in [5, 5.41) is 8.95. The fourth-order valence-corrected chi connectivity index (χ4v) is 3.83. The Morgan fingerprint density at radius 3 is 2.62 bits per heavy atom. The Bertz CT molecular complexity index is 1050. The number of hydrogen-bond acceptors (Lipinski definition) is 5. The molecular formula is C18H11N3O3S2. The van der Waals surface area contributed by atoms with E-state index in [1.807, 2.05) is 24.3 Å². The van der Waals surface area contributed by atoms with Gasteiger partial charge in [-0.2, -0.15) is 0 Å². The second kappa shape index (κ2) is 6.40. The number of nitrogens with one attached hydrogen (secondary N) is 1. The molecule has 1 aromatic heterocycles. The van der Waals surface area contributed by atoms with Gasteiger partial charge >= 0.3 is 5.97 Å². The molecule has 0 saturated carbocycles. The number of carboxylic acids is 1. The quantitative estimate of drug-likeness (QED) is 0.532. The molecule has 0 unspecified atom stereocenters. The maximum Gasteiger partial charge on any atom is 0.335 e. The number of aromatic carboxylic acids is 1. The van der Waals surface area contributed by atoms with Crippen molar-refractivity contribution < 1.29 is 14.7 Å². The van der Waals surface area contributed by atoms with Gasteiger partial charge in [-0.15, -0.1) is 0 Å². The molecule has 0 spiro atoms. The second-order valence-corrected chi connectivity index (χ2v) is 7.20. The predicted octanol–water partition coefficient (Wildman–Crippen LogP) is 3.67. The molecule has 128 valence electrons. The van der Waals surface area contributed by atoms with E-state index >= 15 is 0 Å². The van der Waals surface area contributed by atoms with Crippen molar-refractivity contribution in [2.24, 2.45) is 0 Å². The molecule has 2 heterocycles. The Labute approximate surface area is 157 Å². The molecule has 6 nitrogen and oxygen atoms in total. The van der Waals surface area contributed by atoms with Crippen LogP contribution in [0.25, 0.3) is 17.1 Å². The standard InChI is InChI=1S/C18H11N3O3S2/c22-15-14(9-10-5-7-11(8-6-10)16(23)24)26-18(25)21(15)17-19-12-3-1-2-4-13(12)20-17/h1-9H,(H,19,20)(H,23,24)/b14-9-. The molecule has 4 rings (SSSR count). The normalized spacial score (nSPS) is 16.0. The SMILES string of the molecule is O=C(O)c1ccc(/C=C2\SC(=S)N(c3nc4ccccc4[nH]3)C2=O)cc1. The maximum absolute atomic E-state index is 12.8. The summed E-state index contributed by atoms with van der Waals surface area (Å²) < 4.78 is 0.391. The van der Waals surface area contributed by atoms with Crippen molar-refractivity contribution >= 4 is 63.2 Å². The number of thioether (sulfide) groups is 1. The molecule has 2 N–H and O–H groups in total. The van der Waals surface area contributed by atoms with Gasteiger partial charge in [-0.1, -0.05) is 48.2 Å². The molecule has 3 aromatic rings. The number of rotatable bonds is 3. The van der Waals surface area contributed by atoms with Crippen LogP contribution < -0.4 is 4.90 Å². The van der Waals surface area contributed by atoms with Crippen LogP contribution in [-0.2, 0) is 4.79 Å². The van der Waals surface area contributed by atoms with Gasteiger partial charge in [0.15, 0.2) is 4.32 Å². The first-order chi connectivity index (χ1) is 12.5. The number of carboxylic acid groups (broad SMARTS) is 1. The number of benzene rings is 2. The molecule has 0 radical (unpaired) electrons. The third-order valence-electron chi connectivity index (χ3n) is 3.84. The van der Waals surface area contributed by atoms with Crippen LogP contribution in [0.4, 0.5) is 5.95 Å². The van der Waals surface area contributed by atoms with E-state index in [0.29, 0.717) is 15.2 Å². The van der Waals surface area contributed by atoms with Gasteiger partial charge in [-0.3, -0.25) is 4.79 Å². The predicted molar refractivity (Wildman–Crippen MR) is 105 cm³/mol. The van der Waals surface area contributed by atoms with E-state index in [1.165, 1.54) is 28.8 Å². The summed E-state index contributed by atoms with van der Waals surface area (Å²) in [5.74, 6) is -0.868. The van der Waals surface area contributed by atoms with E-state index in [2.05, 4.69) is 9.97 Å². The van der Waals surface area contributed by atoms with Gasteiger partial charge in [0.05, 0.1) is 21.5 Å². The number of aromatic amines is 1. The van der Waals surface area contributed by atoms with Crippen LogP contribution in [0.2, 0.25) is 0 Å². The first kappa shape index (κ1) is 16.5. The molecule has 1 fully saturated rings. The molecule has 0 bridgehead atoms. The van der Waals surface area contributed by atoms with Crippen molar-refractivity contribution in [1.29, 1.82) is 0 Å². The summed E-state index contributed by atoms with van der Waals surface area (Å²) in [5.41, 5.74) is 2.49. The van der Waals surface area contributed by atoms with Gasteiger partial charge in [0.1, 0.15) is 0 Å². The van der Waals surface area contributed by atoms with Crippen LogP contribution in [0.3, 0.4) is 0 Å². The number of imidazole rings is 1. The lowest BCUT2D eigenvalue weighted by Crippen LogP contribution is -2.28. The van der Waals surface area contributed by atoms with Crippen molar-refractivity contribution in [3.8, 4) is 0 Å². The molecule has 8 heteroatoms. The summed E-state index contributed by atoms with van der Waals surface area (Å²) in [6.45, 7) is 0. The second-order valence-electron chi connectivity index (χ2n) is 5.52. The van der Waals surface area contributed by atoms with E-state index in [0.717, 1.165) is 16.6 Å². The molecule has 1 aliphatic rings. The minimum absolute atomic E-state index is 0.192. The molecule has 1 saturated heterocycles. The number of aromatic nitrogens is 2. The topological polar surface area (TPSA) is 86.3 Å². The number of fused-ring (bicyclic) bond motifs is 1. The molecule has 0 atom stereocenters. The smallest absolute Gasteiger partial charge is 0.335 e. The average molecular weight is 381 g/mol. The number of para-hydroxylation sites is 2. The fourth-order valence-electron chi connectivity index (χ4n) is 2.57. The lowest BCUT2D eigenvalue weighted by Gasteiger charge is -2.09. The monoisotopic (exact) mass is 381 g/mol. The van der Waals surface area contributed by atoms with E-state index in [9.17, 15) is 9.59 Å². The molecular weight excluding hydrogens is 370 g/mol. The van der Waals surface area contributed by atoms with Crippen molar-refractivity contribution in [3.05, 3.63) is 64.6 Å². The third kappa shape index (κ3) is 2.89. The van der Waals surface area contributed by atoms with Crippen LogP contribution in [0.1, 0.15) is 15.9 Å². The van der Waals surface area contributed by atoms with Crippen molar-refractivity contribution in [1.82, 2.24) is 9.97 Å². The van der Waals surface area contributed by atoms with E-state index in [4.69, 9.17) is 17.3 Å². The van der Waals surface area contributed by atoms with Gasteiger partial charge in [0.2, 0.25) is 5.95 Å². The number of hydrogen-bond donors (Lipinski definition) is 2. The van der Waals surface area contributed by atoms with Crippen LogP contribution in [0.5, 0.6) is 0 Å². The summed E-state index contributed by atoms with van der Waals surface area (Å²) >= 11 is 6.53. The number of thiocarbonyl (C=S) groups is 1. The van der Waals surface area contributed by atoms with E-state index < -0.39 is 5.97 Å². The van der Waals surface area contributed by atoms with E-state index in [1.54, 1.807) is 18.2 Å². The maximum atomic E-state index is 12.8. The largest absolute Gasteiger partial charge is 0.478 e. The number of carbonyl (C=O) groups is 2. The zero-order chi connectivity index (χ0) is 18.3. The Balaban J connectivity index is 1.65. The zero-order valence-electron chi connectivity index (χ0n) is 13.2. The fraction of sp³-hybridized carbons (Fsp3) is 0. The van der Waals surface area contributed by atoms with Crippen LogP contribution in [0.15, 0.2) is 53.4 Å². The van der Waals surface area contributed by atoms with E-state index in [-0.39, 0.29) is 11.5 Å². The highest BCUT2D eigenvalue weighted by molar-refractivity contribution is 8.27. The summed E-state index contributed by atoms with van der Waals surface area (Å²) in [6.07, 6.45) is 1.69. The Hall–Kier alpha value is -2.97. The zero-order valence-corrected chi connectivity index (χ0v) is 14.8.